The third-order valence-corrected chi connectivity index (χ3v) is 2.67. The highest BCUT2D eigenvalue weighted by atomic mass is 16.5. The summed E-state index contributed by atoms with van der Waals surface area (Å²) in [7, 11) is 0. The van der Waals surface area contributed by atoms with Gasteiger partial charge in [-0.05, 0) is 6.42 Å². The van der Waals surface area contributed by atoms with Gasteiger partial charge in [0.15, 0.2) is 6.10 Å². The number of ether oxygens (including phenoxy) is 1. The van der Waals surface area contributed by atoms with Crippen LogP contribution < -0.4 is 0 Å². The average molecular weight is 223 g/mol. The standard InChI is InChI=1S/C11H13NO4/c1-2-3-10(14)16-8-6-7-4-5-9(13)12(7)11(8)15/h4,8H,2-3,5-6H2,1H3. The quantitative estimate of drug-likeness (QED) is 0.523. The lowest BCUT2D eigenvalue weighted by molar-refractivity contribution is -0.158. The molecule has 2 rings (SSSR count). The van der Waals surface area contributed by atoms with Gasteiger partial charge in [0.1, 0.15) is 0 Å². The fourth-order valence-corrected chi connectivity index (χ4v) is 1.92. The van der Waals surface area contributed by atoms with Crippen molar-refractivity contribution in [3.8, 4) is 0 Å². The SMILES string of the molecule is CCCC(=O)OC1CC2=CCC(=O)N2C1=O. The summed E-state index contributed by atoms with van der Waals surface area (Å²) in [4.78, 5) is 35.4. The van der Waals surface area contributed by atoms with E-state index in [1.54, 1.807) is 6.08 Å². The molecule has 16 heavy (non-hydrogen) atoms. The van der Waals surface area contributed by atoms with Crippen molar-refractivity contribution in [2.24, 2.45) is 0 Å². The van der Waals surface area contributed by atoms with E-state index in [0.717, 1.165) is 4.90 Å². The number of fused-ring (bicyclic) bond motifs is 1. The highest BCUT2D eigenvalue weighted by molar-refractivity contribution is 6.04. The molecular weight excluding hydrogens is 210 g/mol. The van der Waals surface area contributed by atoms with Crippen LogP contribution in [-0.4, -0.2) is 28.8 Å². The van der Waals surface area contributed by atoms with Crippen molar-refractivity contribution in [2.75, 3.05) is 0 Å². The van der Waals surface area contributed by atoms with Crippen molar-refractivity contribution < 1.29 is 19.1 Å². The minimum Gasteiger partial charge on any atom is -0.452 e. The molecule has 2 amide bonds. The van der Waals surface area contributed by atoms with E-state index in [1.807, 2.05) is 6.92 Å². The predicted octanol–water partition coefficient (Wildman–Crippen LogP) is 0.745. The molecule has 0 aliphatic carbocycles. The van der Waals surface area contributed by atoms with E-state index in [9.17, 15) is 14.4 Å². The van der Waals surface area contributed by atoms with Crippen LogP contribution in [0.4, 0.5) is 0 Å². The largest absolute Gasteiger partial charge is 0.452 e. The van der Waals surface area contributed by atoms with E-state index < -0.39 is 12.0 Å². The van der Waals surface area contributed by atoms with Gasteiger partial charge in [-0.2, -0.15) is 0 Å². The van der Waals surface area contributed by atoms with Gasteiger partial charge < -0.3 is 4.74 Å². The van der Waals surface area contributed by atoms with Gasteiger partial charge in [0.2, 0.25) is 5.91 Å². The smallest absolute Gasteiger partial charge is 0.306 e. The summed E-state index contributed by atoms with van der Waals surface area (Å²) < 4.78 is 5.03. The lowest BCUT2D eigenvalue weighted by Gasteiger charge is -2.11. The first-order valence-electron chi connectivity index (χ1n) is 5.38. The van der Waals surface area contributed by atoms with E-state index >= 15 is 0 Å². The Labute approximate surface area is 93.0 Å². The molecule has 0 aromatic heterocycles. The molecule has 1 fully saturated rings. The van der Waals surface area contributed by atoms with E-state index in [0.29, 0.717) is 25.0 Å². The highest BCUT2D eigenvalue weighted by Gasteiger charge is 2.43. The van der Waals surface area contributed by atoms with Gasteiger partial charge >= 0.3 is 5.97 Å². The van der Waals surface area contributed by atoms with Crippen molar-refractivity contribution in [1.29, 1.82) is 0 Å². The molecule has 0 aromatic rings. The third-order valence-electron chi connectivity index (χ3n) is 2.67. The molecule has 0 aromatic carbocycles. The van der Waals surface area contributed by atoms with Crippen molar-refractivity contribution in [3.63, 3.8) is 0 Å². The maximum atomic E-state index is 11.7. The van der Waals surface area contributed by atoms with E-state index in [-0.39, 0.29) is 18.3 Å². The molecular formula is C11H13NO4. The molecule has 0 spiro atoms. The summed E-state index contributed by atoms with van der Waals surface area (Å²) in [6.45, 7) is 1.86. The van der Waals surface area contributed by atoms with Crippen LogP contribution >= 0.6 is 0 Å². The van der Waals surface area contributed by atoms with Crippen LogP contribution in [0.2, 0.25) is 0 Å². The Bertz CT molecular complexity index is 385. The van der Waals surface area contributed by atoms with Crippen LogP contribution in [-0.2, 0) is 19.1 Å². The number of amides is 2. The minimum absolute atomic E-state index is 0.228. The monoisotopic (exact) mass is 223 g/mol. The van der Waals surface area contributed by atoms with E-state index in [1.165, 1.54) is 0 Å². The van der Waals surface area contributed by atoms with Crippen molar-refractivity contribution in [1.82, 2.24) is 4.90 Å². The molecule has 0 radical (unpaired) electrons. The first-order chi connectivity index (χ1) is 7.63. The lowest BCUT2D eigenvalue weighted by atomic mass is 10.2. The van der Waals surface area contributed by atoms with Gasteiger partial charge in [-0.25, -0.2) is 0 Å². The zero-order chi connectivity index (χ0) is 11.7. The summed E-state index contributed by atoms with van der Waals surface area (Å²) in [5, 5.41) is 0. The van der Waals surface area contributed by atoms with Crippen LogP contribution in [0.5, 0.6) is 0 Å². The topological polar surface area (TPSA) is 63.7 Å². The van der Waals surface area contributed by atoms with Gasteiger partial charge in [-0.15, -0.1) is 0 Å². The van der Waals surface area contributed by atoms with Gasteiger partial charge in [0, 0.05) is 25.0 Å². The maximum Gasteiger partial charge on any atom is 0.306 e. The Morgan fingerprint density at radius 1 is 1.56 bits per heavy atom. The second kappa shape index (κ2) is 4.08. The molecule has 1 saturated heterocycles. The number of rotatable bonds is 3. The second-order valence-electron chi connectivity index (χ2n) is 3.90. The summed E-state index contributed by atoms with van der Waals surface area (Å²) in [5.74, 6) is -1.01. The molecule has 0 saturated carbocycles. The fourth-order valence-electron chi connectivity index (χ4n) is 1.92. The first kappa shape index (κ1) is 10.9. The summed E-state index contributed by atoms with van der Waals surface area (Å²) >= 11 is 0. The zero-order valence-electron chi connectivity index (χ0n) is 9.06. The van der Waals surface area contributed by atoms with Gasteiger partial charge in [0.25, 0.3) is 5.91 Å². The van der Waals surface area contributed by atoms with E-state index in [2.05, 4.69) is 0 Å². The molecule has 86 valence electrons. The van der Waals surface area contributed by atoms with Crippen LogP contribution in [0.3, 0.4) is 0 Å². The van der Waals surface area contributed by atoms with Gasteiger partial charge in [-0.3, -0.25) is 19.3 Å². The van der Waals surface area contributed by atoms with Crippen LogP contribution in [0.1, 0.15) is 32.6 Å². The predicted molar refractivity (Wildman–Crippen MR) is 54.0 cm³/mol. The Balaban J connectivity index is 2.02. The van der Waals surface area contributed by atoms with Crippen LogP contribution in [0.25, 0.3) is 0 Å². The molecule has 2 aliphatic rings. The Hall–Kier alpha value is -1.65. The number of imide groups is 1. The summed E-state index contributed by atoms with van der Waals surface area (Å²) in [6.07, 6.45) is 2.52. The Morgan fingerprint density at radius 3 is 2.94 bits per heavy atom. The number of esters is 1. The van der Waals surface area contributed by atoms with Crippen LogP contribution in [0, 0.1) is 0 Å². The maximum absolute atomic E-state index is 11.7. The molecule has 2 heterocycles. The highest BCUT2D eigenvalue weighted by Crippen LogP contribution is 2.30. The second-order valence-corrected chi connectivity index (χ2v) is 3.90. The average Bonchev–Trinajstić information content (AvgIpc) is 2.71. The molecule has 0 bridgehead atoms. The number of carbonyl (C=O) groups is 3. The van der Waals surface area contributed by atoms with Crippen molar-refractivity contribution >= 4 is 17.8 Å². The molecule has 1 atom stereocenters. The molecule has 0 N–H and O–H groups in total. The number of hydrogen-bond donors (Lipinski definition) is 0. The minimum atomic E-state index is -0.797. The molecule has 1 unspecified atom stereocenters. The van der Waals surface area contributed by atoms with E-state index in [4.69, 9.17) is 4.74 Å². The van der Waals surface area contributed by atoms with Gasteiger partial charge in [0.05, 0.1) is 0 Å². The summed E-state index contributed by atoms with van der Waals surface area (Å²) in [5.41, 5.74) is 0.671. The number of carbonyl (C=O) groups excluding carboxylic acids is 3. The van der Waals surface area contributed by atoms with Crippen molar-refractivity contribution in [2.45, 2.75) is 38.7 Å². The van der Waals surface area contributed by atoms with Gasteiger partial charge in [-0.1, -0.05) is 13.0 Å². The Kier molecular flexibility index (Phi) is 2.77. The zero-order valence-corrected chi connectivity index (χ0v) is 9.06. The molecule has 5 heteroatoms. The fraction of sp³-hybridized carbons (Fsp3) is 0.545. The molecule has 5 nitrogen and oxygen atoms in total. The number of hydrogen-bond acceptors (Lipinski definition) is 4. The lowest BCUT2D eigenvalue weighted by Crippen LogP contribution is -2.33. The number of nitrogens with zero attached hydrogens (tertiary/aromatic N) is 1. The Morgan fingerprint density at radius 2 is 2.31 bits per heavy atom. The molecule has 2 aliphatic heterocycles. The first-order valence-corrected chi connectivity index (χ1v) is 5.38. The van der Waals surface area contributed by atoms with Crippen molar-refractivity contribution in [3.05, 3.63) is 11.8 Å². The summed E-state index contributed by atoms with van der Waals surface area (Å²) in [6, 6.07) is 0. The third kappa shape index (κ3) is 1.73. The normalized spacial score (nSPS) is 23.4. The van der Waals surface area contributed by atoms with Crippen LogP contribution in [0.15, 0.2) is 11.8 Å².